The Balaban J connectivity index is 1.53. The highest BCUT2D eigenvalue weighted by molar-refractivity contribution is 7.21. The molecule has 0 saturated carbocycles. The summed E-state index contributed by atoms with van der Waals surface area (Å²) in [7, 11) is 1.79. The predicted octanol–water partition coefficient (Wildman–Crippen LogP) is 2.69. The molecule has 0 amide bonds. The number of aryl methyl sites for hydroxylation is 1. The van der Waals surface area contributed by atoms with E-state index in [2.05, 4.69) is 15.5 Å². The monoisotopic (exact) mass is 371 g/mol. The number of nitrogens with one attached hydrogen (secondary N) is 1. The lowest BCUT2D eigenvalue weighted by Gasteiger charge is -2.28. The predicted molar refractivity (Wildman–Crippen MR) is 99.8 cm³/mol. The normalized spacial score (nSPS) is 21.0. The number of benzene rings is 1. The first-order chi connectivity index (χ1) is 12.6. The highest BCUT2D eigenvalue weighted by Gasteiger charge is 2.25. The molecule has 6 nitrogen and oxygen atoms in total. The van der Waals surface area contributed by atoms with Crippen LogP contribution in [0.2, 0.25) is 0 Å². The van der Waals surface area contributed by atoms with Crippen LogP contribution in [0.4, 0.5) is 4.39 Å². The van der Waals surface area contributed by atoms with E-state index in [0.29, 0.717) is 12.1 Å². The number of fused-ring (bicyclic) bond motifs is 2. The smallest absolute Gasteiger partial charge is 0.151 e. The van der Waals surface area contributed by atoms with Crippen LogP contribution in [0.5, 0.6) is 0 Å². The Hall–Kier alpha value is -2.29. The van der Waals surface area contributed by atoms with Crippen molar-refractivity contribution in [3.05, 3.63) is 36.4 Å². The van der Waals surface area contributed by atoms with Crippen molar-refractivity contribution in [1.29, 1.82) is 0 Å². The third-order valence-corrected chi connectivity index (χ3v) is 6.02. The molecule has 1 aliphatic heterocycles. The highest BCUT2D eigenvalue weighted by atomic mass is 32.1. The van der Waals surface area contributed by atoms with Crippen LogP contribution in [0.1, 0.15) is 12.5 Å². The van der Waals surface area contributed by atoms with Crippen LogP contribution in [-0.2, 0) is 7.05 Å². The molecule has 2 atom stereocenters. The van der Waals surface area contributed by atoms with Gasteiger partial charge in [-0.2, -0.15) is 10.2 Å². The number of nitrogens with zero attached hydrogens (tertiary/aromatic N) is 4. The Morgan fingerprint density at radius 1 is 1.23 bits per heavy atom. The first kappa shape index (κ1) is 15.9. The van der Waals surface area contributed by atoms with Gasteiger partial charge in [0.2, 0.25) is 0 Å². The lowest BCUT2D eigenvalue weighted by molar-refractivity contribution is 0.0814. The van der Waals surface area contributed by atoms with Crippen LogP contribution < -0.4 is 5.32 Å². The van der Waals surface area contributed by atoms with E-state index in [9.17, 15) is 9.50 Å². The van der Waals surface area contributed by atoms with Crippen molar-refractivity contribution in [2.24, 2.45) is 7.05 Å². The largest absolute Gasteiger partial charge is 0.390 e. The Morgan fingerprint density at radius 3 is 2.92 bits per heavy atom. The van der Waals surface area contributed by atoms with Crippen molar-refractivity contribution in [1.82, 2.24) is 24.9 Å². The number of halogens is 1. The molecule has 0 radical (unpaired) electrons. The third kappa shape index (κ3) is 2.53. The fourth-order valence-corrected chi connectivity index (χ4v) is 4.64. The molecule has 134 valence electrons. The fraction of sp³-hybridized carbons (Fsp3) is 0.333. The lowest BCUT2D eigenvalue weighted by Crippen LogP contribution is -2.41. The van der Waals surface area contributed by atoms with Crippen LogP contribution in [0.3, 0.4) is 0 Å². The van der Waals surface area contributed by atoms with Gasteiger partial charge in [0, 0.05) is 41.6 Å². The van der Waals surface area contributed by atoms with Crippen molar-refractivity contribution in [2.45, 2.75) is 18.6 Å². The van der Waals surface area contributed by atoms with Gasteiger partial charge >= 0.3 is 0 Å². The van der Waals surface area contributed by atoms with Crippen molar-refractivity contribution >= 4 is 32.5 Å². The summed E-state index contributed by atoms with van der Waals surface area (Å²) in [5.41, 5.74) is 1.22. The van der Waals surface area contributed by atoms with Crippen LogP contribution in [0.15, 0.2) is 30.6 Å². The number of thiophene rings is 1. The molecule has 1 saturated heterocycles. The molecule has 26 heavy (non-hydrogen) atoms. The molecule has 1 aromatic carbocycles. The zero-order valence-corrected chi connectivity index (χ0v) is 15.0. The van der Waals surface area contributed by atoms with E-state index >= 15 is 0 Å². The minimum Gasteiger partial charge on any atom is -0.390 e. The van der Waals surface area contributed by atoms with Gasteiger partial charge in [0.05, 0.1) is 12.1 Å². The van der Waals surface area contributed by atoms with Gasteiger partial charge in [-0.1, -0.05) is 0 Å². The molecular weight excluding hydrogens is 353 g/mol. The van der Waals surface area contributed by atoms with E-state index in [4.69, 9.17) is 0 Å². The minimum atomic E-state index is -0.431. The van der Waals surface area contributed by atoms with E-state index in [0.717, 1.165) is 39.0 Å². The topological polar surface area (TPSA) is 67.9 Å². The number of aliphatic hydroxyl groups excluding tert-OH is 1. The zero-order valence-electron chi connectivity index (χ0n) is 14.2. The first-order valence-electron chi connectivity index (χ1n) is 8.59. The van der Waals surface area contributed by atoms with Gasteiger partial charge in [-0.05, 0) is 36.7 Å². The summed E-state index contributed by atoms with van der Waals surface area (Å²) in [6, 6.07) is 5.53. The summed E-state index contributed by atoms with van der Waals surface area (Å²) in [4.78, 5) is 1.88. The Bertz CT molecular complexity index is 1080. The number of β-amino-alcohol motifs (C(OH)–C–C–N with tert-alkyl or cyclic N) is 1. The van der Waals surface area contributed by atoms with Gasteiger partial charge in [-0.25, -0.2) is 4.39 Å². The summed E-state index contributed by atoms with van der Waals surface area (Å²) >= 11 is 1.54. The van der Waals surface area contributed by atoms with Crippen LogP contribution in [0.25, 0.3) is 31.6 Å². The number of rotatable bonds is 2. The summed E-state index contributed by atoms with van der Waals surface area (Å²) in [5.74, 6) is -0.313. The van der Waals surface area contributed by atoms with E-state index in [1.165, 1.54) is 17.4 Å². The van der Waals surface area contributed by atoms with Gasteiger partial charge in [-0.3, -0.25) is 9.36 Å². The summed E-state index contributed by atoms with van der Waals surface area (Å²) in [6.07, 6.45) is 4.22. The molecule has 0 unspecified atom stereocenters. The second-order valence-electron chi connectivity index (χ2n) is 6.81. The average molecular weight is 371 g/mol. The van der Waals surface area contributed by atoms with Gasteiger partial charge in [0.1, 0.15) is 10.3 Å². The number of aliphatic hydroxyl groups is 1. The average Bonchev–Trinajstić information content (AvgIpc) is 3.27. The second kappa shape index (κ2) is 5.87. The zero-order chi connectivity index (χ0) is 17.8. The number of hydrogen-bond acceptors (Lipinski definition) is 5. The quantitative estimate of drug-likeness (QED) is 0.569. The summed E-state index contributed by atoms with van der Waals surface area (Å²) < 4.78 is 17.9. The number of aromatic nitrogens is 4. The molecule has 4 heterocycles. The Morgan fingerprint density at radius 2 is 2.12 bits per heavy atom. The van der Waals surface area contributed by atoms with Crippen LogP contribution >= 0.6 is 11.3 Å². The molecule has 0 aliphatic carbocycles. The van der Waals surface area contributed by atoms with Crippen LogP contribution in [0, 0.1) is 5.82 Å². The Kier molecular flexibility index (Phi) is 3.59. The summed E-state index contributed by atoms with van der Waals surface area (Å²) in [5, 5.41) is 24.0. The standard InChI is InChI=1S/C18H18FN5OS/c1-23-8-11-4-10(5-13(19)17(11)21-23)16-6-12-9-24(22-18(12)26-16)14-2-3-20-7-15(14)25/h4-6,8-9,14-15,20,25H,2-3,7H2,1H3/t14-,15-/m0/s1. The molecule has 0 bridgehead atoms. The molecule has 1 aliphatic rings. The van der Waals surface area contributed by atoms with Gasteiger partial charge in [0.25, 0.3) is 0 Å². The molecular formula is C18H18FN5OS. The van der Waals surface area contributed by atoms with E-state index in [1.807, 2.05) is 29.2 Å². The molecule has 2 N–H and O–H groups in total. The van der Waals surface area contributed by atoms with Gasteiger partial charge < -0.3 is 10.4 Å². The fourth-order valence-electron chi connectivity index (χ4n) is 3.65. The Labute approximate surface area is 152 Å². The van der Waals surface area contributed by atoms with E-state index in [1.54, 1.807) is 11.7 Å². The maximum absolute atomic E-state index is 14.4. The van der Waals surface area contributed by atoms with Gasteiger partial charge in [-0.15, -0.1) is 11.3 Å². The lowest BCUT2D eigenvalue weighted by atomic mass is 10.0. The van der Waals surface area contributed by atoms with E-state index in [-0.39, 0.29) is 11.9 Å². The second-order valence-corrected chi connectivity index (χ2v) is 7.84. The first-order valence-corrected chi connectivity index (χ1v) is 9.41. The SMILES string of the molecule is Cn1cc2cc(-c3cc4cn([C@H]5CCNC[C@@H]5O)nc4s3)cc(F)c2n1. The molecule has 1 fully saturated rings. The number of piperidine rings is 1. The minimum absolute atomic E-state index is 0.00323. The van der Waals surface area contributed by atoms with Crippen molar-refractivity contribution < 1.29 is 9.50 Å². The van der Waals surface area contributed by atoms with Crippen molar-refractivity contribution in [3.63, 3.8) is 0 Å². The van der Waals surface area contributed by atoms with Crippen molar-refractivity contribution in [3.8, 4) is 10.4 Å². The van der Waals surface area contributed by atoms with E-state index < -0.39 is 6.10 Å². The molecule has 5 rings (SSSR count). The van der Waals surface area contributed by atoms with Crippen molar-refractivity contribution in [2.75, 3.05) is 13.1 Å². The highest BCUT2D eigenvalue weighted by Crippen LogP contribution is 2.36. The number of hydrogen-bond donors (Lipinski definition) is 2. The molecule has 8 heteroatoms. The molecule has 0 spiro atoms. The maximum atomic E-state index is 14.4. The molecule has 3 aromatic heterocycles. The maximum Gasteiger partial charge on any atom is 0.151 e. The third-order valence-electron chi connectivity index (χ3n) is 4.93. The van der Waals surface area contributed by atoms with Crippen LogP contribution in [-0.4, -0.2) is 43.9 Å². The van der Waals surface area contributed by atoms with Gasteiger partial charge in [0.15, 0.2) is 5.82 Å². The summed E-state index contributed by atoms with van der Waals surface area (Å²) in [6.45, 7) is 1.47. The molecule has 4 aromatic rings.